The summed E-state index contributed by atoms with van der Waals surface area (Å²) in [6, 6.07) is 3.97. The van der Waals surface area contributed by atoms with Gasteiger partial charge in [-0.05, 0) is 24.6 Å². The standard InChI is InChI=1S/C12H15F2NO4/c1-2-18-11(17)9(15)10(16)7-3-5-8(6-4-7)19-12(13)14/h3-6,9-10,12,16H,2,15H2,1H3. The van der Waals surface area contributed by atoms with Crippen molar-refractivity contribution >= 4 is 5.97 Å². The van der Waals surface area contributed by atoms with Crippen molar-refractivity contribution < 1.29 is 28.2 Å². The molecule has 1 aromatic rings. The Morgan fingerprint density at radius 3 is 2.42 bits per heavy atom. The van der Waals surface area contributed by atoms with Crippen LogP contribution < -0.4 is 10.5 Å². The number of alkyl halides is 2. The predicted octanol–water partition coefficient (Wildman–Crippen LogP) is 1.21. The van der Waals surface area contributed by atoms with Gasteiger partial charge in [-0.2, -0.15) is 8.78 Å². The van der Waals surface area contributed by atoms with Gasteiger partial charge >= 0.3 is 12.6 Å². The normalized spacial score (nSPS) is 14.0. The monoisotopic (exact) mass is 275 g/mol. The van der Waals surface area contributed by atoms with Crippen molar-refractivity contribution in [3.05, 3.63) is 29.8 Å². The minimum Gasteiger partial charge on any atom is -0.465 e. The second kappa shape index (κ2) is 7.01. The number of esters is 1. The van der Waals surface area contributed by atoms with Gasteiger partial charge in [0.05, 0.1) is 6.61 Å². The summed E-state index contributed by atoms with van der Waals surface area (Å²) in [5, 5.41) is 9.84. The van der Waals surface area contributed by atoms with E-state index in [1.807, 2.05) is 0 Å². The smallest absolute Gasteiger partial charge is 0.387 e. The number of rotatable bonds is 6. The van der Waals surface area contributed by atoms with Gasteiger partial charge in [-0.1, -0.05) is 12.1 Å². The van der Waals surface area contributed by atoms with Gasteiger partial charge in [0.1, 0.15) is 17.9 Å². The fourth-order valence-corrected chi connectivity index (χ4v) is 1.42. The highest BCUT2D eigenvalue weighted by Gasteiger charge is 2.25. The minimum atomic E-state index is -2.92. The van der Waals surface area contributed by atoms with Gasteiger partial charge in [0.15, 0.2) is 0 Å². The summed E-state index contributed by atoms with van der Waals surface area (Å²) in [4.78, 5) is 11.3. The van der Waals surface area contributed by atoms with Gasteiger partial charge in [0, 0.05) is 0 Å². The summed E-state index contributed by atoms with van der Waals surface area (Å²) in [6.07, 6.45) is -1.28. The topological polar surface area (TPSA) is 81.8 Å². The van der Waals surface area contributed by atoms with Gasteiger partial charge in [0.25, 0.3) is 0 Å². The fourth-order valence-electron chi connectivity index (χ4n) is 1.42. The van der Waals surface area contributed by atoms with E-state index in [2.05, 4.69) is 9.47 Å². The molecule has 5 nitrogen and oxygen atoms in total. The maximum absolute atomic E-state index is 11.9. The van der Waals surface area contributed by atoms with Crippen LogP contribution in [-0.4, -0.2) is 30.3 Å². The first-order valence-electron chi connectivity index (χ1n) is 5.60. The first-order chi connectivity index (χ1) is 8.95. The third kappa shape index (κ3) is 4.46. The number of benzene rings is 1. The Kier molecular flexibility index (Phi) is 5.65. The lowest BCUT2D eigenvalue weighted by molar-refractivity contribution is -0.147. The number of halogens is 2. The number of ether oxygens (including phenoxy) is 2. The van der Waals surface area contributed by atoms with Crippen molar-refractivity contribution in [1.82, 2.24) is 0 Å². The van der Waals surface area contributed by atoms with Crippen molar-refractivity contribution in [3.8, 4) is 5.75 Å². The highest BCUT2D eigenvalue weighted by atomic mass is 19.3. The highest BCUT2D eigenvalue weighted by molar-refractivity contribution is 5.76. The maximum Gasteiger partial charge on any atom is 0.387 e. The molecule has 0 aliphatic rings. The molecule has 2 atom stereocenters. The van der Waals surface area contributed by atoms with E-state index >= 15 is 0 Å². The van der Waals surface area contributed by atoms with Gasteiger partial charge in [-0.25, -0.2) is 0 Å². The summed E-state index contributed by atoms with van der Waals surface area (Å²) < 4.78 is 32.7. The lowest BCUT2D eigenvalue weighted by Gasteiger charge is -2.17. The van der Waals surface area contributed by atoms with Crippen LogP contribution in [0.5, 0.6) is 5.75 Å². The quantitative estimate of drug-likeness (QED) is 0.763. The average Bonchev–Trinajstić information content (AvgIpc) is 2.37. The molecule has 2 unspecified atom stereocenters. The number of carbonyl (C=O) groups is 1. The SMILES string of the molecule is CCOC(=O)C(N)C(O)c1ccc(OC(F)F)cc1. The lowest BCUT2D eigenvalue weighted by Crippen LogP contribution is -2.38. The van der Waals surface area contributed by atoms with E-state index in [1.54, 1.807) is 6.92 Å². The lowest BCUT2D eigenvalue weighted by atomic mass is 10.0. The van der Waals surface area contributed by atoms with Crippen LogP contribution >= 0.6 is 0 Å². The Bertz CT molecular complexity index is 411. The van der Waals surface area contributed by atoms with Crippen LogP contribution in [0.15, 0.2) is 24.3 Å². The zero-order valence-corrected chi connectivity index (χ0v) is 10.3. The van der Waals surface area contributed by atoms with Crippen LogP contribution in [0.3, 0.4) is 0 Å². The molecule has 7 heteroatoms. The van der Waals surface area contributed by atoms with Gasteiger partial charge in [-0.3, -0.25) is 4.79 Å². The Labute approximate surface area is 108 Å². The molecule has 0 aliphatic carbocycles. The molecule has 0 heterocycles. The zero-order chi connectivity index (χ0) is 14.4. The molecular formula is C12H15F2NO4. The molecule has 106 valence electrons. The second-order valence-corrected chi connectivity index (χ2v) is 3.67. The van der Waals surface area contributed by atoms with E-state index in [0.717, 1.165) is 0 Å². The predicted molar refractivity (Wildman–Crippen MR) is 62.6 cm³/mol. The maximum atomic E-state index is 11.9. The Morgan fingerprint density at radius 1 is 1.37 bits per heavy atom. The molecule has 0 spiro atoms. The molecule has 1 aromatic carbocycles. The fraction of sp³-hybridized carbons (Fsp3) is 0.417. The van der Waals surface area contributed by atoms with Crippen LogP contribution in [0.25, 0.3) is 0 Å². The number of aliphatic hydroxyl groups excluding tert-OH is 1. The molecule has 0 fully saturated rings. The molecule has 3 N–H and O–H groups in total. The molecule has 1 rings (SSSR count). The Hall–Kier alpha value is -1.73. The third-order valence-electron chi connectivity index (χ3n) is 2.35. The Balaban J connectivity index is 2.71. The van der Waals surface area contributed by atoms with Crippen molar-refractivity contribution in [2.75, 3.05) is 6.61 Å². The number of hydrogen-bond acceptors (Lipinski definition) is 5. The van der Waals surface area contributed by atoms with Crippen LogP contribution in [-0.2, 0) is 9.53 Å². The van der Waals surface area contributed by atoms with E-state index in [0.29, 0.717) is 5.56 Å². The first-order valence-corrected chi connectivity index (χ1v) is 5.60. The van der Waals surface area contributed by atoms with E-state index in [-0.39, 0.29) is 12.4 Å². The van der Waals surface area contributed by atoms with Crippen molar-refractivity contribution in [2.45, 2.75) is 25.7 Å². The average molecular weight is 275 g/mol. The Morgan fingerprint density at radius 2 is 1.95 bits per heavy atom. The van der Waals surface area contributed by atoms with Crippen molar-refractivity contribution in [3.63, 3.8) is 0 Å². The molecule has 0 amide bonds. The molecule has 19 heavy (non-hydrogen) atoms. The van der Waals surface area contributed by atoms with E-state index in [1.165, 1.54) is 24.3 Å². The molecule has 0 aliphatic heterocycles. The molecule has 0 saturated carbocycles. The summed E-state index contributed by atoms with van der Waals surface area (Å²) in [7, 11) is 0. The van der Waals surface area contributed by atoms with Crippen LogP contribution in [0.2, 0.25) is 0 Å². The van der Waals surface area contributed by atoms with E-state index in [4.69, 9.17) is 5.73 Å². The molecule has 0 bridgehead atoms. The first kappa shape index (κ1) is 15.3. The summed E-state index contributed by atoms with van der Waals surface area (Å²) in [5.74, 6) is -0.779. The van der Waals surface area contributed by atoms with Crippen molar-refractivity contribution in [2.24, 2.45) is 5.73 Å². The molecule has 0 saturated heterocycles. The number of carbonyl (C=O) groups excluding carboxylic acids is 1. The van der Waals surface area contributed by atoms with Crippen LogP contribution in [0.4, 0.5) is 8.78 Å². The van der Waals surface area contributed by atoms with Gasteiger partial charge in [0.2, 0.25) is 0 Å². The largest absolute Gasteiger partial charge is 0.465 e. The number of nitrogens with two attached hydrogens (primary N) is 1. The summed E-state index contributed by atoms with van der Waals surface area (Å²) in [6.45, 7) is -1.15. The van der Waals surface area contributed by atoms with E-state index in [9.17, 15) is 18.7 Å². The number of hydrogen-bond donors (Lipinski definition) is 2. The molecule has 0 radical (unpaired) electrons. The van der Waals surface area contributed by atoms with Crippen LogP contribution in [0.1, 0.15) is 18.6 Å². The summed E-state index contributed by atoms with van der Waals surface area (Å²) in [5.41, 5.74) is 5.83. The zero-order valence-electron chi connectivity index (χ0n) is 10.3. The highest BCUT2D eigenvalue weighted by Crippen LogP contribution is 2.21. The molecular weight excluding hydrogens is 260 g/mol. The minimum absolute atomic E-state index is 0.0457. The van der Waals surface area contributed by atoms with Crippen LogP contribution in [0, 0.1) is 0 Å². The summed E-state index contributed by atoms with van der Waals surface area (Å²) >= 11 is 0. The van der Waals surface area contributed by atoms with Crippen molar-refractivity contribution in [1.29, 1.82) is 0 Å². The van der Waals surface area contributed by atoms with Gasteiger partial charge in [-0.15, -0.1) is 0 Å². The number of aliphatic hydroxyl groups is 1. The molecule has 0 aromatic heterocycles. The van der Waals surface area contributed by atoms with Gasteiger partial charge < -0.3 is 20.3 Å². The van der Waals surface area contributed by atoms with E-state index < -0.39 is 24.7 Å². The third-order valence-corrected chi connectivity index (χ3v) is 2.35. The second-order valence-electron chi connectivity index (χ2n) is 3.67.